The summed E-state index contributed by atoms with van der Waals surface area (Å²) in [6.45, 7) is 3.21. The van der Waals surface area contributed by atoms with Gasteiger partial charge in [0.25, 0.3) is 5.91 Å². The van der Waals surface area contributed by atoms with E-state index in [1.807, 2.05) is 42.5 Å². The Kier molecular flexibility index (Phi) is 10.1. The number of hydrazone groups is 1. The van der Waals surface area contributed by atoms with E-state index in [1.54, 1.807) is 18.2 Å². The van der Waals surface area contributed by atoms with Gasteiger partial charge >= 0.3 is 18.0 Å². The lowest BCUT2D eigenvalue weighted by molar-refractivity contribution is -0.137. The average molecular weight is 668 g/mol. The fourth-order valence-corrected chi connectivity index (χ4v) is 4.13. The third-order valence-electron chi connectivity index (χ3n) is 5.51. The molecule has 0 saturated carbocycles. The molecule has 0 aliphatic heterocycles. The molecule has 0 spiro atoms. The molecule has 0 unspecified atom stereocenters. The maximum Gasteiger partial charge on any atom is 0.416 e. The van der Waals surface area contributed by atoms with Crippen molar-refractivity contribution in [1.82, 2.24) is 5.43 Å². The number of hydrogen-bond acceptors (Lipinski definition) is 6. The summed E-state index contributed by atoms with van der Waals surface area (Å²) < 4.78 is 50.1. The Morgan fingerprint density at radius 2 is 1.73 bits per heavy atom. The third kappa shape index (κ3) is 8.18. The van der Waals surface area contributed by atoms with Crippen molar-refractivity contribution < 1.29 is 37.0 Å². The van der Waals surface area contributed by atoms with E-state index in [-0.39, 0.29) is 17.2 Å². The number of anilines is 2. The number of nitrogens with one attached hydrogen (secondary N) is 3. The summed E-state index contributed by atoms with van der Waals surface area (Å²) in [5.74, 6) is -2.07. The lowest BCUT2D eigenvalue weighted by Gasteiger charge is -2.14. The minimum atomic E-state index is -4.54. The van der Waals surface area contributed by atoms with Crippen LogP contribution in [0.5, 0.6) is 11.5 Å². The van der Waals surface area contributed by atoms with Crippen LogP contribution in [0.25, 0.3) is 0 Å². The highest BCUT2D eigenvalue weighted by Crippen LogP contribution is 2.34. The van der Waals surface area contributed by atoms with Crippen LogP contribution in [-0.2, 0) is 20.6 Å². The first-order chi connectivity index (χ1) is 18.9. The lowest BCUT2D eigenvalue weighted by atomic mass is 10.1. The van der Waals surface area contributed by atoms with Crippen LogP contribution in [0.4, 0.5) is 24.5 Å². The number of amides is 3. The molecule has 0 atom stereocenters. The van der Waals surface area contributed by atoms with Gasteiger partial charge in [-0.15, -0.1) is 0 Å². The van der Waals surface area contributed by atoms with Crippen LogP contribution in [0.2, 0.25) is 0 Å². The summed E-state index contributed by atoms with van der Waals surface area (Å²) in [6.07, 6.45) is -3.25. The van der Waals surface area contributed by atoms with Crippen molar-refractivity contribution in [3.63, 3.8) is 0 Å². The molecule has 9 nitrogen and oxygen atoms in total. The van der Waals surface area contributed by atoms with Gasteiger partial charge in [0.05, 0.1) is 22.5 Å². The SMILES string of the molecule is COc1cc(C=NNC(=O)C(=O)Nc2cccc(C)c2C)cc(I)c1OCC(=O)Nc1cccc(C(F)(F)F)c1. The van der Waals surface area contributed by atoms with Gasteiger partial charge in [0.1, 0.15) is 0 Å². The van der Waals surface area contributed by atoms with E-state index in [0.717, 1.165) is 23.3 Å². The molecule has 0 aromatic heterocycles. The Bertz CT molecular complexity index is 1460. The molecule has 3 aromatic carbocycles. The van der Waals surface area contributed by atoms with Crippen molar-refractivity contribution in [2.24, 2.45) is 5.10 Å². The average Bonchev–Trinajstić information content (AvgIpc) is 2.90. The number of alkyl halides is 3. The number of methoxy groups -OCH3 is 1. The van der Waals surface area contributed by atoms with Gasteiger partial charge in [0, 0.05) is 11.4 Å². The highest BCUT2D eigenvalue weighted by Gasteiger charge is 2.30. The molecule has 0 radical (unpaired) electrons. The maximum atomic E-state index is 12.9. The molecular weight excluding hydrogens is 644 g/mol. The highest BCUT2D eigenvalue weighted by atomic mass is 127. The van der Waals surface area contributed by atoms with Gasteiger partial charge in [0.2, 0.25) is 0 Å². The van der Waals surface area contributed by atoms with Crippen molar-refractivity contribution in [3.05, 3.63) is 80.4 Å². The van der Waals surface area contributed by atoms with E-state index in [9.17, 15) is 27.6 Å². The topological polar surface area (TPSA) is 118 Å². The number of carbonyl (C=O) groups is 3. The van der Waals surface area contributed by atoms with Crippen LogP contribution in [0, 0.1) is 17.4 Å². The molecule has 0 aliphatic rings. The zero-order chi connectivity index (χ0) is 29.4. The van der Waals surface area contributed by atoms with Gasteiger partial charge < -0.3 is 20.1 Å². The Morgan fingerprint density at radius 1 is 1.00 bits per heavy atom. The number of hydrogen-bond donors (Lipinski definition) is 3. The Balaban J connectivity index is 1.60. The number of nitrogens with zero attached hydrogens (tertiary/aromatic N) is 1. The second kappa shape index (κ2) is 13.3. The van der Waals surface area contributed by atoms with Crippen molar-refractivity contribution in [1.29, 1.82) is 0 Å². The molecule has 0 fully saturated rings. The lowest BCUT2D eigenvalue weighted by Crippen LogP contribution is -2.32. The molecule has 0 saturated heterocycles. The van der Waals surface area contributed by atoms with Gasteiger partial charge in [-0.25, -0.2) is 5.43 Å². The Labute approximate surface area is 241 Å². The molecule has 40 heavy (non-hydrogen) atoms. The van der Waals surface area contributed by atoms with Crippen LogP contribution in [-0.4, -0.2) is 37.7 Å². The molecule has 210 valence electrons. The number of rotatable bonds is 8. The molecule has 0 aliphatic carbocycles. The second-order valence-electron chi connectivity index (χ2n) is 8.35. The number of aryl methyl sites for hydroxylation is 1. The number of ether oxygens (including phenoxy) is 2. The normalized spacial score (nSPS) is 11.2. The van der Waals surface area contributed by atoms with Crippen LogP contribution >= 0.6 is 22.6 Å². The first kappa shape index (κ1) is 30.4. The zero-order valence-corrected chi connectivity index (χ0v) is 23.6. The summed E-state index contributed by atoms with van der Waals surface area (Å²) in [5, 5.41) is 8.70. The molecule has 0 bridgehead atoms. The van der Waals surface area contributed by atoms with E-state index >= 15 is 0 Å². The first-order valence-electron chi connectivity index (χ1n) is 11.6. The summed E-state index contributed by atoms with van der Waals surface area (Å²) in [7, 11) is 1.38. The Morgan fingerprint density at radius 3 is 2.42 bits per heavy atom. The molecule has 3 amide bonds. The van der Waals surface area contributed by atoms with E-state index < -0.39 is 36.1 Å². The monoisotopic (exact) mass is 668 g/mol. The van der Waals surface area contributed by atoms with Gasteiger partial charge in [-0.3, -0.25) is 14.4 Å². The standard InChI is InChI=1S/C27H24F3IN4O5/c1-15-6-4-9-21(16(15)2)34-25(37)26(38)35-32-13-17-10-20(31)24(22(11-17)39-3)40-14-23(36)33-19-8-5-7-18(12-19)27(28,29)30/h4-13H,14H2,1-3H3,(H,33,36)(H,34,37)(H,35,38). The number of benzene rings is 3. The fraction of sp³-hybridized carbons (Fsp3) is 0.185. The van der Waals surface area contributed by atoms with Gasteiger partial charge in [-0.2, -0.15) is 18.3 Å². The van der Waals surface area contributed by atoms with Crippen molar-refractivity contribution in [2.75, 3.05) is 24.4 Å². The third-order valence-corrected chi connectivity index (χ3v) is 6.31. The quantitative estimate of drug-likeness (QED) is 0.135. The molecule has 3 N–H and O–H groups in total. The fourth-order valence-electron chi connectivity index (χ4n) is 3.34. The molecule has 3 aromatic rings. The highest BCUT2D eigenvalue weighted by molar-refractivity contribution is 14.1. The van der Waals surface area contributed by atoms with E-state index in [4.69, 9.17) is 9.47 Å². The second-order valence-corrected chi connectivity index (χ2v) is 9.51. The predicted octanol–water partition coefficient (Wildman–Crippen LogP) is 5.04. The molecule has 3 rings (SSSR count). The predicted molar refractivity (Wildman–Crippen MR) is 152 cm³/mol. The summed E-state index contributed by atoms with van der Waals surface area (Å²) in [4.78, 5) is 36.6. The van der Waals surface area contributed by atoms with Gasteiger partial charge in [0.15, 0.2) is 18.1 Å². The van der Waals surface area contributed by atoms with Crippen molar-refractivity contribution in [3.8, 4) is 11.5 Å². The van der Waals surface area contributed by atoms with Crippen LogP contribution in [0.1, 0.15) is 22.3 Å². The summed E-state index contributed by atoms with van der Waals surface area (Å²) in [5.41, 5.74) is 4.04. The summed E-state index contributed by atoms with van der Waals surface area (Å²) in [6, 6.07) is 12.7. The first-order valence-corrected chi connectivity index (χ1v) is 12.6. The van der Waals surface area contributed by atoms with Crippen LogP contribution in [0.15, 0.2) is 59.7 Å². The minimum Gasteiger partial charge on any atom is -0.493 e. The molecule has 13 heteroatoms. The van der Waals surface area contributed by atoms with Gasteiger partial charge in [-0.1, -0.05) is 18.2 Å². The molecule has 0 heterocycles. The van der Waals surface area contributed by atoms with Crippen LogP contribution < -0.4 is 25.5 Å². The number of carbonyl (C=O) groups excluding carboxylic acids is 3. The van der Waals surface area contributed by atoms with E-state index in [2.05, 4.69) is 21.2 Å². The van der Waals surface area contributed by atoms with Gasteiger partial charge in [-0.05, 0) is 89.5 Å². The smallest absolute Gasteiger partial charge is 0.416 e. The summed E-state index contributed by atoms with van der Waals surface area (Å²) >= 11 is 1.94. The van der Waals surface area contributed by atoms with Crippen molar-refractivity contribution in [2.45, 2.75) is 20.0 Å². The number of halogens is 4. The zero-order valence-electron chi connectivity index (χ0n) is 21.5. The van der Waals surface area contributed by atoms with Crippen molar-refractivity contribution >= 4 is 57.9 Å². The van der Waals surface area contributed by atoms with E-state index in [0.29, 0.717) is 14.8 Å². The largest absolute Gasteiger partial charge is 0.493 e. The molecular formula is C27H24F3IN4O5. The van der Waals surface area contributed by atoms with Crippen LogP contribution in [0.3, 0.4) is 0 Å². The van der Waals surface area contributed by atoms with E-state index in [1.165, 1.54) is 31.5 Å². The minimum absolute atomic E-state index is 0.0265. The Hall–Kier alpha value is -4.14. The maximum absolute atomic E-state index is 12.9.